The summed E-state index contributed by atoms with van der Waals surface area (Å²) in [5.41, 5.74) is 4.38. The summed E-state index contributed by atoms with van der Waals surface area (Å²) in [5.74, 6) is -0.499. The summed E-state index contributed by atoms with van der Waals surface area (Å²) in [6.45, 7) is 1.50. The predicted octanol–water partition coefficient (Wildman–Crippen LogP) is 3.25. The number of hydroxylamine groups is 1. The van der Waals surface area contributed by atoms with Gasteiger partial charge in [-0.3, -0.25) is 10.0 Å². The third-order valence-corrected chi connectivity index (χ3v) is 3.79. The number of fused-ring (bicyclic) bond motifs is 1. The van der Waals surface area contributed by atoms with Gasteiger partial charge >= 0.3 is 0 Å². The van der Waals surface area contributed by atoms with Gasteiger partial charge < -0.3 is 5.32 Å². The first-order valence-electron chi connectivity index (χ1n) is 7.48. The molecule has 0 aliphatic carbocycles. The van der Waals surface area contributed by atoms with Gasteiger partial charge in [-0.25, -0.2) is 5.48 Å². The van der Waals surface area contributed by atoms with E-state index < -0.39 is 5.91 Å². The van der Waals surface area contributed by atoms with Gasteiger partial charge in [0.25, 0.3) is 5.91 Å². The molecule has 0 unspecified atom stereocenters. The standard InChI is InChI=1S/C19H18N2O2/c22-19(21-23)17-9-5-14(6-10-17)12-20-13-15-7-8-16-3-1-2-4-18(16)11-15/h1-11,20,23H,12-13H2,(H,21,22). The van der Waals surface area contributed by atoms with E-state index in [9.17, 15) is 4.79 Å². The smallest absolute Gasteiger partial charge is 0.274 e. The van der Waals surface area contributed by atoms with E-state index in [2.05, 4.69) is 35.6 Å². The minimum atomic E-state index is -0.499. The fourth-order valence-electron chi connectivity index (χ4n) is 2.54. The summed E-state index contributed by atoms with van der Waals surface area (Å²) in [6, 6.07) is 21.9. The molecular formula is C19H18N2O2. The van der Waals surface area contributed by atoms with Gasteiger partial charge in [-0.15, -0.1) is 0 Å². The topological polar surface area (TPSA) is 61.4 Å². The summed E-state index contributed by atoms with van der Waals surface area (Å²) >= 11 is 0. The molecule has 0 atom stereocenters. The normalized spacial score (nSPS) is 10.7. The molecule has 0 radical (unpaired) electrons. The van der Waals surface area contributed by atoms with Crippen molar-refractivity contribution in [2.45, 2.75) is 13.1 Å². The number of amides is 1. The van der Waals surface area contributed by atoms with Crippen LogP contribution in [-0.2, 0) is 13.1 Å². The zero-order chi connectivity index (χ0) is 16.1. The number of rotatable bonds is 5. The molecule has 116 valence electrons. The summed E-state index contributed by atoms with van der Waals surface area (Å²) < 4.78 is 0. The minimum absolute atomic E-state index is 0.436. The molecule has 0 fully saturated rings. The number of carbonyl (C=O) groups excluding carboxylic acids is 1. The van der Waals surface area contributed by atoms with Gasteiger partial charge in [0.15, 0.2) is 0 Å². The van der Waals surface area contributed by atoms with Gasteiger partial charge in [0, 0.05) is 18.7 Å². The second-order valence-electron chi connectivity index (χ2n) is 5.42. The molecule has 0 heterocycles. The van der Waals surface area contributed by atoms with Gasteiger partial charge in [0.2, 0.25) is 0 Å². The highest BCUT2D eigenvalue weighted by atomic mass is 16.5. The highest BCUT2D eigenvalue weighted by Crippen LogP contribution is 2.15. The van der Waals surface area contributed by atoms with Crippen molar-refractivity contribution in [2.24, 2.45) is 0 Å². The lowest BCUT2D eigenvalue weighted by Gasteiger charge is -2.07. The second-order valence-corrected chi connectivity index (χ2v) is 5.42. The predicted molar refractivity (Wildman–Crippen MR) is 90.2 cm³/mol. The molecule has 4 nitrogen and oxygen atoms in total. The van der Waals surface area contributed by atoms with Crippen molar-refractivity contribution in [3.05, 3.63) is 83.4 Å². The molecule has 3 N–H and O–H groups in total. The monoisotopic (exact) mass is 306 g/mol. The Bertz CT molecular complexity index is 813. The molecule has 3 aromatic carbocycles. The maximum atomic E-state index is 11.3. The van der Waals surface area contributed by atoms with E-state index in [1.165, 1.54) is 16.3 Å². The van der Waals surface area contributed by atoms with Crippen molar-refractivity contribution in [1.29, 1.82) is 0 Å². The van der Waals surface area contributed by atoms with E-state index in [0.29, 0.717) is 12.1 Å². The zero-order valence-electron chi connectivity index (χ0n) is 12.6. The molecule has 0 saturated carbocycles. The van der Waals surface area contributed by atoms with E-state index in [1.54, 1.807) is 17.6 Å². The average molecular weight is 306 g/mol. The van der Waals surface area contributed by atoms with Gasteiger partial charge in [-0.2, -0.15) is 0 Å². The zero-order valence-corrected chi connectivity index (χ0v) is 12.6. The van der Waals surface area contributed by atoms with Crippen LogP contribution in [0.4, 0.5) is 0 Å². The van der Waals surface area contributed by atoms with Crippen molar-refractivity contribution in [3.8, 4) is 0 Å². The quantitative estimate of drug-likeness (QED) is 0.501. The second kappa shape index (κ2) is 7.05. The Hall–Kier alpha value is -2.69. The van der Waals surface area contributed by atoms with Crippen molar-refractivity contribution < 1.29 is 10.0 Å². The molecule has 4 heteroatoms. The third-order valence-electron chi connectivity index (χ3n) is 3.79. The van der Waals surface area contributed by atoms with Crippen LogP contribution in [-0.4, -0.2) is 11.1 Å². The fourth-order valence-corrected chi connectivity index (χ4v) is 2.54. The van der Waals surface area contributed by atoms with Gasteiger partial charge in [0.1, 0.15) is 0 Å². The maximum Gasteiger partial charge on any atom is 0.274 e. The first-order chi connectivity index (χ1) is 11.3. The van der Waals surface area contributed by atoms with Crippen LogP contribution in [0.2, 0.25) is 0 Å². The van der Waals surface area contributed by atoms with Crippen LogP contribution >= 0.6 is 0 Å². The van der Waals surface area contributed by atoms with Crippen LogP contribution in [0.1, 0.15) is 21.5 Å². The van der Waals surface area contributed by atoms with Crippen LogP contribution in [0.25, 0.3) is 10.8 Å². The van der Waals surface area contributed by atoms with Crippen LogP contribution in [0.15, 0.2) is 66.7 Å². The lowest BCUT2D eigenvalue weighted by molar-refractivity contribution is 0.0706. The van der Waals surface area contributed by atoms with Crippen LogP contribution in [0.3, 0.4) is 0 Å². The van der Waals surface area contributed by atoms with E-state index in [1.807, 2.05) is 24.3 Å². The lowest BCUT2D eigenvalue weighted by atomic mass is 10.1. The molecule has 0 aliphatic heterocycles. The Balaban J connectivity index is 1.58. The Kier molecular flexibility index (Phi) is 4.66. The van der Waals surface area contributed by atoms with E-state index in [-0.39, 0.29) is 0 Å². The molecule has 1 amide bonds. The molecule has 23 heavy (non-hydrogen) atoms. The summed E-state index contributed by atoms with van der Waals surface area (Å²) in [5, 5.41) is 14.5. The lowest BCUT2D eigenvalue weighted by Crippen LogP contribution is -2.18. The van der Waals surface area contributed by atoms with E-state index in [4.69, 9.17) is 5.21 Å². The maximum absolute atomic E-state index is 11.3. The average Bonchev–Trinajstić information content (AvgIpc) is 2.61. The van der Waals surface area contributed by atoms with Crippen LogP contribution < -0.4 is 10.8 Å². The summed E-state index contributed by atoms with van der Waals surface area (Å²) in [4.78, 5) is 11.3. The fraction of sp³-hybridized carbons (Fsp3) is 0.105. The van der Waals surface area contributed by atoms with Crippen LogP contribution in [0, 0.1) is 0 Å². The number of nitrogens with one attached hydrogen (secondary N) is 2. The highest BCUT2D eigenvalue weighted by molar-refractivity contribution is 5.93. The van der Waals surface area contributed by atoms with Crippen molar-refractivity contribution in [2.75, 3.05) is 0 Å². The molecule has 0 spiro atoms. The van der Waals surface area contributed by atoms with Crippen molar-refractivity contribution in [1.82, 2.24) is 10.8 Å². The third kappa shape index (κ3) is 3.74. The number of benzene rings is 3. The Labute approximate surface area is 134 Å². The molecule has 0 aliphatic rings. The molecule has 0 aromatic heterocycles. The highest BCUT2D eigenvalue weighted by Gasteiger charge is 2.03. The molecule has 3 rings (SSSR count). The van der Waals surface area contributed by atoms with Crippen LogP contribution in [0.5, 0.6) is 0 Å². The largest absolute Gasteiger partial charge is 0.309 e. The number of carbonyl (C=O) groups is 1. The Morgan fingerprint density at radius 3 is 2.22 bits per heavy atom. The van der Waals surface area contributed by atoms with Crippen molar-refractivity contribution in [3.63, 3.8) is 0 Å². The molecule has 0 bridgehead atoms. The van der Waals surface area contributed by atoms with E-state index >= 15 is 0 Å². The van der Waals surface area contributed by atoms with Crippen molar-refractivity contribution >= 4 is 16.7 Å². The SMILES string of the molecule is O=C(NO)c1ccc(CNCc2ccc3ccccc3c2)cc1. The molecular weight excluding hydrogens is 288 g/mol. The number of hydrogen-bond donors (Lipinski definition) is 3. The summed E-state index contributed by atoms with van der Waals surface area (Å²) in [6.07, 6.45) is 0. The Morgan fingerprint density at radius 1 is 0.826 bits per heavy atom. The Morgan fingerprint density at radius 2 is 1.48 bits per heavy atom. The molecule has 3 aromatic rings. The first-order valence-corrected chi connectivity index (χ1v) is 7.48. The number of hydrogen-bond acceptors (Lipinski definition) is 3. The molecule has 0 saturated heterocycles. The van der Waals surface area contributed by atoms with Gasteiger partial charge in [0.05, 0.1) is 0 Å². The van der Waals surface area contributed by atoms with Gasteiger partial charge in [-0.05, 0) is 40.1 Å². The minimum Gasteiger partial charge on any atom is -0.309 e. The van der Waals surface area contributed by atoms with Gasteiger partial charge in [-0.1, -0.05) is 48.5 Å². The first kappa shape index (κ1) is 15.2. The van der Waals surface area contributed by atoms with E-state index in [0.717, 1.165) is 12.1 Å². The summed E-state index contributed by atoms with van der Waals surface area (Å²) in [7, 11) is 0.